The molecule has 37 heavy (non-hydrogen) atoms. The number of hydrogen-bond acceptors (Lipinski definition) is 15. The number of tetrazole rings is 1. The van der Waals surface area contributed by atoms with Crippen LogP contribution in [0.4, 0.5) is 5.13 Å². The van der Waals surface area contributed by atoms with Gasteiger partial charge in [0.2, 0.25) is 11.8 Å². The minimum Gasteiger partial charge on any atom is -0.477 e. The number of hydrogen-bond donors (Lipinski definition) is 4. The number of carboxylic acid groups (broad SMARTS) is 1. The number of esters is 1. The van der Waals surface area contributed by atoms with Crippen LogP contribution in [0.15, 0.2) is 27.0 Å². The maximum Gasteiger partial charge on any atom is 0.352 e. The molecule has 2 aliphatic rings. The minimum atomic E-state index is -1.26. The molecule has 0 spiro atoms. The Hall–Kier alpha value is -3.71. The largest absolute Gasteiger partial charge is 0.477 e. The molecule has 2 aliphatic heterocycles. The molecule has 1 saturated heterocycles. The number of ether oxygens (including phenoxy) is 1. The number of anilines is 1. The van der Waals surface area contributed by atoms with Crippen molar-refractivity contribution in [2.75, 3.05) is 30.5 Å². The first-order valence-electron chi connectivity index (χ1n) is 10.4. The number of H-pyrrole nitrogens is 1. The molecular weight excluding hydrogens is 550 g/mol. The maximum absolute atomic E-state index is 13.0. The zero-order valence-corrected chi connectivity index (χ0v) is 21.4. The topological polar surface area (TPSA) is 228 Å². The van der Waals surface area contributed by atoms with Crippen LogP contribution in [0.1, 0.15) is 12.6 Å². The standard InChI is InChI=1S/C18H19N9O7S3/c1-2-33-9(28)3-34-24-10(8-6-36-17(19)20-8)13(29)21-11-14(30)27-12(16(31)32)7(4-35-15(11)27)5-37-18-22-25-26-23-18/h6,11,15H,2-5H2,1H3,(H2,19,20)(H,21,29)(H,31,32)(H,22,23,25,26)/b24-10-/t11?,15-/m1/s1. The van der Waals surface area contributed by atoms with Gasteiger partial charge in [-0.25, -0.2) is 14.6 Å². The van der Waals surface area contributed by atoms with Gasteiger partial charge in [0.1, 0.15) is 22.8 Å². The number of fused-ring (bicyclic) bond motifs is 1. The first-order chi connectivity index (χ1) is 17.8. The zero-order valence-electron chi connectivity index (χ0n) is 18.9. The molecule has 5 N–H and O–H groups in total. The van der Waals surface area contributed by atoms with E-state index in [2.05, 4.69) is 36.1 Å². The van der Waals surface area contributed by atoms with Crippen molar-refractivity contribution >= 4 is 69.5 Å². The molecule has 0 aromatic carbocycles. The monoisotopic (exact) mass is 569 g/mol. The quantitative estimate of drug-likeness (QED) is 0.0841. The lowest BCUT2D eigenvalue weighted by Gasteiger charge is -2.49. The number of nitrogens with one attached hydrogen (secondary N) is 2. The summed E-state index contributed by atoms with van der Waals surface area (Å²) in [6, 6.07) is -1.02. The number of rotatable bonds is 11. The SMILES string of the molecule is CCOC(=O)CO/N=C(\C(=O)NC1C(=O)N2C(C(=O)O)=C(CSc3nn[nH]n3)CS[C@H]12)c1csc(N)n1. The van der Waals surface area contributed by atoms with Crippen LogP contribution < -0.4 is 11.1 Å². The second kappa shape index (κ2) is 11.6. The number of thioether (sulfide) groups is 2. The Labute approximate surface area is 220 Å². The summed E-state index contributed by atoms with van der Waals surface area (Å²) in [6.45, 7) is 1.22. The van der Waals surface area contributed by atoms with Gasteiger partial charge in [0.15, 0.2) is 10.8 Å². The average molecular weight is 570 g/mol. The molecule has 1 fully saturated rings. The first kappa shape index (κ1) is 26.4. The summed E-state index contributed by atoms with van der Waals surface area (Å²) < 4.78 is 4.75. The number of β-lactam (4-membered cyclic amide) rings is 1. The molecule has 2 aromatic rings. The summed E-state index contributed by atoms with van der Waals surface area (Å²) in [5, 5.41) is 30.8. The van der Waals surface area contributed by atoms with Crippen LogP contribution in [-0.4, -0.2) is 101 Å². The molecule has 196 valence electrons. The van der Waals surface area contributed by atoms with E-state index in [1.165, 1.54) is 28.9 Å². The number of nitrogens with zero attached hydrogens (tertiary/aromatic N) is 6. The third-order valence-corrected chi connectivity index (χ3v) is 7.80. The summed E-state index contributed by atoms with van der Waals surface area (Å²) in [6.07, 6.45) is 0. The van der Waals surface area contributed by atoms with Gasteiger partial charge in [-0.05, 0) is 17.7 Å². The fourth-order valence-corrected chi connectivity index (χ4v) is 6.09. The highest BCUT2D eigenvalue weighted by molar-refractivity contribution is 8.01. The lowest BCUT2D eigenvalue weighted by atomic mass is 10.0. The summed E-state index contributed by atoms with van der Waals surface area (Å²) in [5.74, 6) is -2.82. The average Bonchev–Trinajstić information content (AvgIpc) is 3.55. The molecule has 0 aliphatic carbocycles. The van der Waals surface area contributed by atoms with Crippen molar-refractivity contribution < 1.29 is 33.9 Å². The molecule has 4 rings (SSSR count). The molecule has 4 heterocycles. The summed E-state index contributed by atoms with van der Waals surface area (Å²) in [4.78, 5) is 59.6. The Morgan fingerprint density at radius 3 is 2.89 bits per heavy atom. The molecule has 0 radical (unpaired) electrons. The van der Waals surface area contributed by atoms with E-state index in [0.717, 1.165) is 16.2 Å². The van der Waals surface area contributed by atoms with Crippen molar-refractivity contribution in [2.24, 2.45) is 5.16 Å². The number of thiazole rings is 1. The molecule has 19 heteroatoms. The molecule has 1 unspecified atom stereocenters. The lowest BCUT2D eigenvalue weighted by molar-refractivity contribution is -0.150. The Morgan fingerprint density at radius 2 is 2.24 bits per heavy atom. The molecule has 0 saturated carbocycles. The van der Waals surface area contributed by atoms with Gasteiger partial charge in [0.05, 0.1) is 6.61 Å². The van der Waals surface area contributed by atoms with Crippen molar-refractivity contribution in [1.82, 2.24) is 35.8 Å². The highest BCUT2D eigenvalue weighted by Gasteiger charge is 2.54. The third-order valence-electron chi connectivity index (χ3n) is 4.86. The number of oxime groups is 1. The summed E-state index contributed by atoms with van der Waals surface area (Å²) in [5.41, 5.74) is 5.79. The van der Waals surface area contributed by atoms with Gasteiger partial charge in [-0.1, -0.05) is 16.9 Å². The molecular formula is C18H19N9O7S3. The highest BCUT2D eigenvalue weighted by atomic mass is 32.2. The van der Waals surface area contributed by atoms with Crippen LogP contribution in [0, 0.1) is 0 Å². The van der Waals surface area contributed by atoms with Crippen molar-refractivity contribution in [1.29, 1.82) is 0 Å². The number of aliphatic carboxylic acids is 1. The number of amides is 2. The number of carbonyl (C=O) groups is 4. The summed E-state index contributed by atoms with van der Waals surface area (Å²) in [7, 11) is 0. The van der Waals surface area contributed by atoms with Gasteiger partial charge in [-0.15, -0.1) is 33.3 Å². The minimum absolute atomic E-state index is 0.0793. The Morgan fingerprint density at radius 1 is 1.43 bits per heavy atom. The van der Waals surface area contributed by atoms with E-state index in [1.54, 1.807) is 6.92 Å². The fourth-order valence-electron chi connectivity index (χ4n) is 3.32. The smallest absolute Gasteiger partial charge is 0.352 e. The van der Waals surface area contributed by atoms with E-state index in [4.69, 9.17) is 15.3 Å². The first-order valence-corrected chi connectivity index (χ1v) is 13.4. The number of nitrogen functional groups attached to an aromatic ring is 1. The third kappa shape index (κ3) is 5.83. The van der Waals surface area contributed by atoms with Gasteiger partial charge in [-0.3, -0.25) is 14.5 Å². The highest BCUT2D eigenvalue weighted by Crippen LogP contribution is 2.41. The predicted octanol–water partition coefficient (Wildman–Crippen LogP) is -0.947. The van der Waals surface area contributed by atoms with Crippen LogP contribution in [0.2, 0.25) is 0 Å². The van der Waals surface area contributed by atoms with E-state index >= 15 is 0 Å². The van der Waals surface area contributed by atoms with Crippen molar-refractivity contribution in [3.63, 3.8) is 0 Å². The van der Waals surface area contributed by atoms with Gasteiger partial charge in [-0.2, -0.15) is 5.21 Å². The summed E-state index contributed by atoms with van der Waals surface area (Å²) >= 11 is 3.53. The Kier molecular flexibility index (Phi) is 8.24. The van der Waals surface area contributed by atoms with Crippen LogP contribution >= 0.6 is 34.9 Å². The van der Waals surface area contributed by atoms with Crippen LogP contribution in [0.3, 0.4) is 0 Å². The van der Waals surface area contributed by atoms with Gasteiger partial charge in [0, 0.05) is 16.9 Å². The van der Waals surface area contributed by atoms with E-state index < -0.39 is 41.8 Å². The number of aromatic amines is 1. The van der Waals surface area contributed by atoms with Gasteiger partial charge < -0.3 is 25.7 Å². The van der Waals surface area contributed by atoms with Crippen molar-refractivity contribution in [3.8, 4) is 0 Å². The lowest BCUT2D eigenvalue weighted by Crippen LogP contribution is -2.71. The number of carbonyl (C=O) groups excluding carboxylic acids is 3. The van der Waals surface area contributed by atoms with Gasteiger partial charge >= 0.3 is 11.9 Å². The van der Waals surface area contributed by atoms with Gasteiger partial charge in [0.25, 0.3) is 11.8 Å². The molecule has 2 aromatic heterocycles. The van der Waals surface area contributed by atoms with Crippen molar-refractivity contribution in [3.05, 3.63) is 22.3 Å². The van der Waals surface area contributed by atoms with E-state index in [1.807, 2.05) is 0 Å². The van der Waals surface area contributed by atoms with Crippen LogP contribution in [0.5, 0.6) is 0 Å². The van der Waals surface area contributed by atoms with Crippen LogP contribution in [-0.2, 0) is 28.8 Å². The molecule has 16 nitrogen and oxygen atoms in total. The molecule has 0 bridgehead atoms. The maximum atomic E-state index is 13.0. The number of nitrogens with two attached hydrogens (primary N) is 1. The Balaban J connectivity index is 1.47. The number of carboxylic acids is 1. The molecule has 2 atom stereocenters. The second-order valence-electron chi connectivity index (χ2n) is 7.19. The Bertz CT molecular complexity index is 1260. The zero-order chi connectivity index (χ0) is 26.5. The van der Waals surface area contributed by atoms with Crippen molar-refractivity contribution in [2.45, 2.75) is 23.5 Å². The number of aromatic nitrogens is 5. The molecule has 2 amide bonds. The second-order valence-corrected chi connectivity index (χ2v) is 10.1. The van der Waals surface area contributed by atoms with E-state index in [0.29, 0.717) is 16.5 Å². The van der Waals surface area contributed by atoms with E-state index in [9.17, 15) is 24.3 Å². The van der Waals surface area contributed by atoms with Crippen LogP contribution in [0.25, 0.3) is 0 Å². The normalized spacial score (nSPS) is 19.2. The van der Waals surface area contributed by atoms with E-state index in [-0.39, 0.29) is 34.6 Å². The fraction of sp³-hybridized carbons (Fsp3) is 0.389. The predicted molar refractivity (Wildman–Crippen MR) is 130 cm³/mol.